The number of hydrogen-bond acceptors (Lipinski definition) is 5. The van der Waals surface area contributed by atoms with Crippen molar-refractivity contribution < 1.29 is 13.3 Å². The average Bonchev–Trinajstić information content (AvgIpc) is 2.73. The second kappa shape index (κ2) is 10.4. The third-order valence-corrected chi connectivity index (χ3v) is 5.79. The van der Waals surface area contributed by atoms with Crippen molar-refractivity contribution in [2.24, 2.45) is 10.7 Å². The normalized spacial score (nSPS) is 11.5. The molecule has 0 aliphatic carbocycles. The third-order valence-electron chi connectivity index (χ3n) is 4.14. The number of nitro groups is 1. The summed E-state index contributed by atoms with van der Waals surface area (Å²) in [5.41, 5.74) is 7.74. The highest BCUT2D eigenvalue weighted by atomic mass is 79.9. The van der Waals surface area contributed by atoms with Gasteiger partial charge in [-0.1, -0.05) is 23.7 Å². The summed E-state index contributed by atoms with van der Waals surface area (Å²) in [6.45, 7) is 0.323. The molecule has 0 aliphatic heterocycles. The van der Waals surface area contributed by atoms with Crippen molar-refractivity contribution in [2.75, 3.05) is 4.72 Å². The standard InChI is InChI=1S/C20H17ClN4O4S.BrH/c21-16-5-3-15(4-6-16)20(22)23-13-14-1-7-17(8-2-14)24-30(28,29)19-11-9-18(10-12-19)25(26)27;/h1-12,24H,13H2,(H2,22,23);1H. The number of non-ortho nitro benzene ring substituents is 1. The topological polar surface area (TPSA) is 128 Å². The summed E-state index contributed by atoms with van der Waals surface area (Å²) < 4.78 is 27.3. The minimum atomic E-state index is -3.86. The fourth-order valence-electron chi connectivity index (χ4n) is 2.53. The van der Waals surface area contributed by atoms with Gasteiger partial charge in [0.05, 0.1) is 16.4 Å². The predicted octanol–water partition coefficient (Wildman–Crippen LogP) is 4.53. The van der Waals surface area contributed by atoms with Crippen molar-refractivity contribution in [3.05, 3.63) is 99.1 Å². The van der Waals surface area contributed by atoms with Gasteiger partial charge in [0.1, 0.15) is 5.84 Å². The van der Waals surface area contributed by atoms with Crippen LogP contribution in [-0.4, -0.2) is 19.2 Å². The van der Waals surface area contributed by atoms with Crippen LogP contribution < -0.4 is 10.5 Å². The molecule has 0 radical (unpaired) electrons. The number of nitrogens with zero attached hydrogens (tertiary/aromatic N) is 2. The van der Waals surface area contributed by atoms with Gasteiger partial charge in [-0.2, -0.15) is 0 Å². The van der Waals surface area contributed by atoms with Gasteiger partial charge in [0.2, 0.25) is 0 Å². The largest absolute Gasteiger partial charge is 0.383 e. The summed E-state index contributed by atoms with van der Waals surface area (Å²) in [6, 6.07) is 18.3. The second-order valence-corrected chi connectivity index (χ2v) is 8.38. The number of nitrogens with one attached hydrogen (secondary N) is 1. The van der Waals surface area contributed by atoms with Crippen LogP contribution >= 0.6 is 28.6 Å². The molecule has 0 atom stereocenters. The monoisotopic (exact) mass is 524 g/mol. The lowest BCUT2D eigenvalue weighted by Gasteiger charge is -2.08. The van der Waals surface area contributed by atoms with E-state index in [2.05, 4.69) is 9.71 Å². The highest BCUT2D eigenvalue weighted by Crippen LogP contribution is 2.20. The lowest BCUT2D eigenvalue weighted by molar-refractivity contribution is -0.384. The van der Waals surface area contributed by atoms with Gasteiger partial charge in [-0.05, 0) is 54.1 Å². The molecule has 3 aromatic carbocycles. The zero-order valence-electron chi connectivity index (χ0n) is 15.9. The molecule has 31 heavy (non-hydrogen) atoms. The van der Waals surface area contributed by atoms with Gasteiger partial charge in [0.25, 0.3) is 15.7 Å². The Hall–Kier alpha value is -2.95. The molecule has 0 aromatic heterocycles. The van der Waals surface area contributed by atoms with E-state index in [1.165, 1.54) is 12.1 Å². The number of aliphatic imine (C=N–C) groups is 1. The Morgan fingerprint density at radius 1 is 1.00 bits per heavy atom. The molecule has 162 valence electrons. The number of hydrogen-bond donors (Lipinski definition) is 2. The van der Waals surface area contributed by atoms with E-state index in [0.717, 1.165) is 23.3 Å². The number of anilines is 1. The molecular formula is C20H18BrClN4O4S. The second-order valence-electron chi connectivity index (χ2n) is 6.26. The van der Waals surface area contributed by atoms with E-state index >= 15 is 0 Å². The summed E-state index contributed by atoms with van der Waals surface area (Å²) in [7, 11) is -3.86. The van der Waals surface area contributed by atoms with Crippen molar-refractivity contribution in [2.45, 2.75) is 11.4 Å². The van der Waals surface area contributed by atoms with Crippen LogP contribution in [0.15, 0.2) is 82.7 Å². The molecule has 3 N–H and O–H groups in total. The Kier molecular flexibility index (Phi) is 8.14. The molecule has 0 amide bonds. The maximum atomic E-state index is 12.4. The van der Waals surface area contributed by atoms with Gasteiger partial charge < -0.3 is 5.73 Å². The van der Waals surface area contributed by atoms with E-state index in [1.54, 1.807) is 48.5 Å². The first-order valence-electron chi connectivity index (χ1n) is 8.67. The number of amidine groups is 1. The first kappa shape index (κ1) is 24.3. The number of rotatable bonds is 7. The van der Waals surface area contributed by atoms with E-state index in [0.29, 0.717) is 23.1 Å². The van der Waals surface area contributed by atoms with Crippen LogP contribution in [0.25, 0.3) is 0 Å². The highest BCUT2D eigenvalue weighted by Gasteiger charge is 2.16. The molecule has 0 saturated heterocycles. The van der Waals surface area contributed by atoms with Crippen molar-refractivity contribution in [1.82, 2.24) is 0 Å². The number of nitro benzene ring substituents is 1. The SMILES string of the molecule is Br.NC(=NCc1ccc(NS(=O)(=O)c2ccc([N+](=O)[O-])cc2)cc1)c1ccc(Cl)cc1. The van der Waals surface area contributed by atoms with Crippen molar-refractivity contribution in [3.8, 4) is 0 Å². The molecule has 3 rings (SSSR count). The van der Waals surface area contributed by atoms with Gasteiger partial charge in [0, 0.05) is 28.4 Å². The lowest BCUT2D eigenvalue weighted by atomic mass is 10.2. The van der Waals surface area contributed by atoms with Crippen molar-refractivity contribution in [3.63, 3.8) is 0 Å². The average molecular weight is 526 g/mol. The smallest absolute Gasteiger partial charge is 0.269 e. The Morgan fingerprint density at radius 2 is 1.58 bits per heavy atom. The summed E-state index contributed by atoms with van der Waals surface area (Å²) in [5, 5.41) is 11.3. The molecule has 0 saturated carbocycles. The first-order valence-corrected chi connectivity index (χ1v) is 10.5. The molecule has 0 heterocycles. The minimum absolute atomic E-state index is 0. The minimum Gasteiger partial charge on any atom is -0.383 e. The van der Waals surface area contributed by atoms with Gasteiger partial charge in [0.15, 0.2) is 0 Å². The van der Waals surface area contributed by atoms with E-state index in [4.69, 9.17) is 17.3 Å². The summed E-state index contributed by atoms with van der Waals surface area (Å²) in [5.74, 6) is 0.370. The quantitative estimate of drug-likeness (QED) is 0.203. The van der Waals surface area contributed by atoms with Crippen LogP contribution in [0, 0.1) is 10.1 Å². The maximum absolute atomic E-state index is 12.4. The Labute approximate surface area is 194 Å². The molecular weight excluding hydrogens is 508 g/mol. The van der Waals surface area contributed by atoms with Crippen LogP contribution in [0.5, 0.6) is 0 Å². The molecule has 8 nitrogen and oxygen atoms in total. The molecule has 0 unspecified atom stereocenters. The van der Waals surface area contributed by atoms with Gasteiger partial charge in [-0.3, -0.25) is 19.8 Å². The predicted molar refractivity (Wildman–Crippen MR) is 127 cm³/mol. The third kappa shape index (κ3) is 6.51. The van der Waals surface area contributed by atoms with Crippen LogP contribution in [-0.2, 0) is 16.6 Å². The molecule has 0 spiro atoms. The molecule has 11 heteroatoms. The van der Waals surface area contributed by atoms with Gasteiger partial charge in [-0.25, -0.2) is 8.42 Å². The Balaban J connectivity index is 0.00000341. The van der Waals surface area contributed by atoms with E-state index in [1.807, 2.05) is 0 Å². The number of benzene rings is 3. The first-order chi connectivity index (χ1) is 14.2. The molecule has 0 fully saturated rings. The fourth-order valence-corrected chi connectivity index (χ4v) is 3.71. The van der Waals surface area contributed by atoms with Crippen LogP contribution in [0.1, 0.15) is 11.1 Å². The zero-order valence-corrected chi connectivity index (χ0v) is 19.2. The van der Waals surface area contributed by atoms with Crippen LogP contribution in [0.2, 0.25) is 5.02 Å². The summed E-state index contributed by atoms with van der Waals surface area (Å²) in [4.78, 5) is 14.4. The van der Waals surface area contributed by atoms with E-state index in [9.17, 15) is 18.5 Å². The number of halogens is 2. The molecule has 0 aliphatic rings. The summed E-state index contributed by atoms with van der Waals surface area (Å²) >= 11 is 5.85. The Morgan fingerprint density at radius 3 is 2.13 bits per heavy atom. The Bertz CT molecular complexity index is 1180. The van der Waals surface area contributed by atoms with Crippen LogP contribution in [0.3, 0.4) is 0 Å². The van der Waals surface area contributed by atoms with Crippen molar-refractivity contribution >= 4 is 55.8 Å². The van der Waals surface area contributed by atoms with Crippen LogP contribution in [0.4, 0.5) is 11.4 Å². The van der Waals surface area contributed by atoms with Gasteiger partial charge in [-0.15, -0.1) is 17.0 Å². The molecule has 0 bridgehead atoms. The number of sulfonamides is 1. The molecule has 3 aromatic rings. The summed E-state index contributed by atoms with van der Waals surface area (Å²) in [6.07, 6.45) is 0. The van der Waals surface area contributed by atoms with E-state index in [-0.39, 0.29) is 27.6 Å². The number of nitrogens with two attached hydrogens (primary N) is 1. The lowest BCUT2D eigenvalue weighted by Crippen LogP contribution is -2.13. The van der Waals surface area contributed by atoms with Crippen molar-refractivity contribution in [1.29, 1.82) is 0 Å². The van der Waals surface area contributed by atoms with E-state index < -0.39 is 14.9 Å². The highest BCUT2D eigenvalue weighted by molar-refractivity contribution is 8.93. The van der Waals surface area contributed by atoms with Gasteiger partial charge >= 0.3 is 0 Å². The maximum Gasteiger partial charge on any atom is 0.269 e. The fraction of sp³-hybridized carbons (Fsp3) is 0.0500. The zero-order chi connectivity index (χ0) is 21.7.